The monoisotopic (exact) mass is 313 g/mol. The summed E-state index contributed by atoms with van der Waals surface area (Å²) in [4.78, 5) is 18.1. The van der Waals surface area contributed by atoms with Crippen LogP contribution in [0, 0.1) is 19.8 Å². The molecule has 1 aromatic carbocycles. The maximum atomic E-state index is 11.7. The summed E-state index contributed by atoms with van der Waals surface area (Å²) in [5.41, 5.74) is 3.43. The van der Waals surface area contributed by atoms with E-state index in [2.05, 4.69) is 29.5 Å². The van der Waals surface area contributed by atoms with Crippen LogP contribution in [-0.4, -0.2) is 41.1 Å². The van der Waals surface area contributed by atoms with Crippen molar-refractivity contribution in [3.05, 3.63) is 35.7 Å². The molecular formula is C18H23N3O2. The van der Waals surface area contributed by atoms with E-state index in [1.54, 1.807) is 7.11 Å². The molecule has 1 aliphatic rings. The van der Waals surface area contributed by atoms with Gasteiger partial charge in [-0.15, -0.1) is 0 Å². The fourth-order valence-electron chi connectivity index (χ4n) is 3.32. The maximum Gasteiger partial charge on any atom is 0.222 e. The van der Waals surface area contributed by atoms with Crippen LogP contribution in [0.1, 0.15) is 17.5 Å². The molecule has 0 spiro atoms. The van der Waals surface area contributed by atoms with Gasteiger partial charge in [0.15, 0.2) is 0 Å². The molecule has 1 fully saturated rings. The van der Waals surface area contributed by atoms with E-state index in [1.807, 2.05) is 30.4 Å². The molecule has 2 aromatic rings. The Labute approximate surface area is 136 Å². The number of hydrogen-bond donors (Lipinski definition) is 0. The molecule has 1 aliphatic heterocycles. The Morgan fingerprint density at radius 3 is 2.74 bits per heavy atom. The Kier molecular flexibility index (Phi) is 4.11. The molecule has 2 heterocycles. The van der Waals surface area contributed by atoms with Crippen LogP contribution in [0.5, 0.6) is 5.75 Å². The number of nitrogens with zero attached hydrogens (tertiary/aromatic N) is 3. The highest BCUT2D eigenvalue weighted by Gasteiger charge is 2.27. The van der Waals surface area contributed by atoms with Crippen LogP contribution < -0.4 is 4.74 Å². The summed E-state index contributed by atoms with van der Waals surface area (Å²) in [6, 6.07) is 4.05. The Morgan fingerprint density at radius 2 is 2.09 bits per heavy atom. The zero-order valence-corrected chi connectivity index (χ0v) is 14.2. The molecule has 122 valence electrons. The van der Waals surface area contributed by atoms with Crippen molar-refractivity contribution in [2.45, 2.75) is 26.8 Å². The predicted octanol–water partition coefficient (Wildman–Crippen LogP) is 2.65. The number of carbonyl (C=O) groups excluding carboxylic acids is 1. The number of likely N-dealkylation sites (tertiary alicyclic amines) is 1. The van der Waals surface area contributed by atoms with Crippen molar-refractivity contribution in [2.75, 3.05) is 20.7 Å². The van der Waals surface area contributed by atoms with Gasteiger partial charge in [-0.05, 0) is 37.1 Å². The van der Waals surface area contributed by atoms with Crippen molar-refractivity contribution < 1.29 is 9.53 Å². The number of hydrogen-bond acceptors (Lipinski definition) is 3. The Bertz CT molecular complexity index is 736. The fourth-order valence-corrected chi connectivity index (χ4v) is 3.32. The Balaban J connectivity index is 1.90. The van der Waals surface area contributed by atoms with Gasteiger partial charge < -0.3 is 14.2 Å². The largest absolute Gasteiger partial charge is 0.496 e. The quantitative estimate of drug-likeness (QED) is 0.872. The molecular weight excluding hydrogens is 290 g/mol. The average Bonchev–Trinajstić information content (AvgIpc) is 3.09. The number of rotatable bonds is 4. The first-order chi connectivity index (χ1) is 11.0. The predicted molar refractivity (Wildman–Crippen MR) is 89.4 cm³/mol. The smallest absolute Gasteiger partial charge is 0.222 e. The number of benzene rings is 1. The second kappa shape index (κ2) is 6.07. The van der Waals surface area contributed by atoms with Crippen molar-refractivity contribution in [3.63, 3.8) is 0 Å². The van der Waals surface area contributed by atoms with Crippen LogP contribution in [0.15, 0.2) is 24.5 Å². The molecule has 23 heavy (non-hydrogen) atoms. The summed E-state index contributed by atoms with van der Waals surface area (Å²) in [6.07, 6.45) is 4.45. The van der Waals surface area contributed by atoms with E-state index in [0.29, 0.717) is 12.3 Å². The minimum absolute atomic E-state index is 0.230. The molecule has 3 rings (SSSR count). The van der Waals surface area contributed by atoms with Crippen LogP contribution in [0.4, 0.5) is 0 Å². The van der Waals surface area contributed by atoms with Crippen LogP contribution in [0.25, 0.3) is 11.4 Å². The van der Waals surface area contributed by atoms with Gasteiger partial charge >= 0.3 is 0 Å². The lowest BCUT2D eigenvalue weighted by atomic mass is 10.0. The number of carbonyl (C=O) groups is 1. The molecule has 5 nitrogen and oxygen atoms in total. The zero-order chi connectivity index (χ0) is 16.6. The first-order valence-corrected chi connectivity index (χ1v) is 7.91. The van der Waals surface area contributed by atoms with Gasteiger partial charge in [-0.2, -0.15) is 0 Å². The van der Waals surface area contributed by atoms with Crippen molar-refractivity contribution in [1.82, 2.24) is 14.5 Å². The number of ether oxygens (including phenoxy) is 1. The molecule has 0 saturated carbocycles. The molecule has 5 heteroatoms. The zero-order valence-electron chi connectivity index (χ0n) is 14.2. The highest BCUT2D eigenvalue weighted by molar-refractivity contribution is 5.78. The second-order valence-electron chi connectivity index (χ2n) is 6.31. The van der Waals surface area contributed by atoms with Gasteiger partial charge in [-0.25, -0.2) is 4.98 Å². The van der Waals surface area contributed by atoms with Crippen molar-refractivity contribution in [3.8, 4) is 17.1 Å². The number of aromatic nitrogens is 2. The van der Waals surface area contributed by atoms with Crippen molar-refractivity contribution in [1.29, 1.82) is 0 Å². The second-order valence-corrected chi connectivity index (χ2v) is 6.31. The molecule has 0 N–H and O–H groups in total. The number of methoxy groups -OCH3 is 1. The highest BCUT2D eigenvalue weighted by Crippen LogP contribution is 2.31. The lowest BCUT2D eigenvalue weighted by molar-refractivity contribution is -0.126. The van der Waals surface area contributed by atoms with E-state index in [4.69, 9.17) is 4.74 Å². The highest BCUT2D eigenvalue weighted by atomic mass is 16.5. The van der Waals surface area contributed by atoms with Gasteiger partial charge in [0.1, 0.15) is 11.6 Å². The standard InChI is InChI=1S/C18H23N3O2/c1-12-13(2)16(23-4)6-5-15(12)18-19-7-8-21(18)11-14-9-17(22)20(3)10-14/h5-8,14H,9-11H2,1-4H3. The Hall–Kier alpha value is -2.30. The molecule has 1 atom stereocenters. The van der Waals surface area contributed by atoms with Crippen LogP contribution in [-0.2, 0) is 11.3 Å². The molecule has 1 saturated heterocycles. The summed E-state index contributed by atoms with van der Waals surface area (Å²) in [5.74, 6) is 2.43. The fraction of sp³-hybridized carbons (Fsp3) is 0.444. The van der Waals surface area contributed by atoms with Gasteiger partial charge in [0.05, 0.1) is 7.11 Å². The molecule has 0 radical (unpaired) electrons. The molecule has 1 aromatic heterocycles. The Morgan fingerprint density at radius 1 is 1.30 bits per heavy atom. The third-order valence-electron chi connectivity index (χ3n) is 4.79. The minimum atomic E-state index is 0.230. The minimum Gasteiger partial charge on any atom is -0.496 e. The van der Waals surface area contributed by atoms with E-state index in [9.17, 15) is 4.79 Å². The van der Waals surface area contributed by atoms with E-state index in [-0.39, 0.29) is 5.91 Å². The first kappa shape index (κ1) is 15.6. The van der Waals surface area contributed by atoms with Crippen LogP contribution in [0.3, 0.4) is 0 Å². The normalized spacial score (nSPS) is 17.8. The van der Waals surface area contributed by atoms with Crippen LogP contribution in [0.2, 0.25) is 0 Å². The number of imidazole rings is 1. The average molecular weight is 313 g/mol. The molecule has 0 bridgehead atoms. The lowest BCUT2D eigenvalue weighted by Gasteiger charge is -2.16. The van der Waals surface area contributed by atoms with E-state index in [0.717, 1.165) is 35.8 Å². The van der Waals surface area contributed by atoms with Crippen molar-refractivity contribution in [2.24, 2.45) is 5.92 Å². The maximum absolute atomic E-state index is 11.7. The van der Waals surface area contributed by atoms with Gasteiger partial charge in [0.2, 0.25) is 5.91 Å². The lowest BCUT2D eigenvalue weighted by Crippen LogP contribution is -2.20. The van der Waals surface area contributed by atoms with Gasteiger partial charge in [-0.1, -0.05) is 0 Å². The summed E-state index contributed by atoms with van der Waals surface area (Å²) >= 11 is 0. The topological polar surface area (TPSA) is 47.4 Å². The van der Waals surface area contributed by atoms with Gasteiger partial charge in [0.25, 0.3) is 0 Å². The summed E-state index contributed by atoms with van der Waals surface area (Å²) in [7, 11) is 3.56. The van der Waals surface area contributed by atoms with Crippen molar-refractivity contribution >= 4 is 5.91 Å². The molecule has 0 aliphatic carbocycles. The summed E-state index contributed by atoms with van der Waals surface area (Å²) in [5, 5.41) is 0. The third-order valence-corrected chi connectivity index (χ3v) is 4.79. The van der Waals surface area contributed by atoms with Crippen LogP contribution >= 0.6 is 0 Å². The van der Waals surface area contributed by atoms with E-state index in [1.165, 1.54) is 5.56 Å². The van der Waals surface area contributed by atoms with Gasteiger partial charge in [0, 0.05) is 50.4 Å². The SMILES string of the molecule is COc1ccc(-c2nccn2CC2CC(=O)N(C)C2)c(C)c1C. The molecule has 1 unspecified atom stereocenters. The summed E-state index contributed by atoms with van der Waals surface area (Å²) < 4.78 is 7.55. The van der Waals surface area contributed by atoms with E-state index < -0.39 is 0 Å². The molecule has 1 amide bonds. The van der Waals surface area contributed by atoms with Gasteiger partial charge in [-0.3, -0.25) is 4.79 Å². The van der Waals surface area contributed by atoms with E-state index >= 15 is 0 Å². The number of amides is 1. The third kappa shape index (κ3) is 2.83. The summed E-state index contributed by atoms with van der Waals surface area (Å²) in [6.45, 7) is 5.79. The first-order valence-electron chi connectivity index (χ1n) is 7.91.